The zero-order valence-electron chi connectivity index (χ0n) is 9.73. The van der Waals surface area contributed by atoms with Crippen molar-refractivity contribution < 1.29 is 4.79 Å². The summed E-state index contributed by atoms with van der Waals surface area (Å²) in [6.07, 6.45) is 0.388. The van der Waals surface area contributed by atoms with Crippen LogP contribution in [0, 0.1) is 6.92 Å². The number of aryl methyl sites for hydroxylation is 1. The number of anilines is 3. The Morgan fingerprint density at radius 3 is 2.72 bits per heavy atom. The number of nitrogens with zero attached hydrogens (tertiary/aromatic N) is 1. The smallest absolute Gasteiger partial charge is 0.265 e. The van der Waals surface area contributed by atoms with Crippen molar-refractivity contribution in [1.29, 1.82) is 0 Å². The zero-order chi connectivity index (χ0) is 13.1. The van der Waals surface area contributed by atoms with E-state index in [9.17, 15) is 9.59 Å². The Morgan fingerprint density at radius 1 is 1.39 bits per heavy atom. The van der Waals surface area contributed by atoms with Crippen molar-refractivity contribution in [1.82, 2.24) is 9.97 Å². The highest BCUT2D eigenvalue weighted by Crippen LogP contribution is 2.17. The third kappa shape index (κ3) is 2.22. The van der Waals surface area contributed by atoms with E-state index in [1.165, 1.54) is 0 Å². The number of aromatic amines is 1. The fourth-order valence-electron chi connectivity index (χ4n) is 1.51. The van der Waals surface area contributed by atoms with Crippen LogP contribution in [0.3, 0.4) is 0 Å². The first-order chi connectivity index (χ1) is 8.61. The molecule has 0 unspecified atom stereocenters. The number of aromatic nitrogens is 2. The lowest BCUT2D eigenvalue weighted by atomic mass is 10.2. The minimum absolute atomic E-state index is 0.0927. The Kier molecular flexibility index (Phi) is 3.09. The molecule has 1 aromatic carbocycles. The van der Waals surface area contributed by atoms with Crippen LogP contribution in [-0.4, -0.2) is 16.3 Å². The number of carbonyl (C=O) groups excluding carboxylic acids is 1. The SMILES string of the molecule is Cc1ccccc1Nc1nc(N)c(C=O)c(=O)[nH]1. The van der Waals surface area contributed by atoms with Crippen LogP contribution < -0.4 is 16.6 Å². The summed E-state index contributed by atoms with van der Waals surface area (Å²) in [7, 11) is 0. The lowest BCUT2D eigenvalue weighted by Crippen LogP contribution is -2.18. The van der Waals surface area contributed by atoms with Crippen molar-refractivity contribution in [2.45, 2.75) is 6.92 Å². The minimum Gasteiger partial charge on any atom is -0.383 e. The first-order valence-corrected chi connectivity index (χ1v) is 5.29. The summed E-state index contributed by atoms with van der Waals surface area (Å²) in [5.41, 5.74) is 6.60. The maximum absolute atomic E-state index is 11.5. The number of carbonyl (C=O) groups is 1. The van der Waals surface area contributed by atoms with Gasteiger partial charge < -0.3 is 11.1 Å². The van der Waals surface area contributed by atoms with Gasteiger partial charge >= 0.3 is 0 Å². The van der Waals surface area contributed by atoms with Gasteiger partial charge in [0.1, 0.15) is 11.4 Å². The van der Waals surface area contributed by atoms with Gasteiger partial charge in [0, 0.05) is 5.69 Å². The molecule has 0 saturated heterocycles. The molecular weight excluding hydrogens is 232 g/mol. The summed E-state index contributed by atoms with van der Waals surface area (Å²) in [4.78, 5) is 28.5. The number of rotatable bonds is 3. The second-order valence-corrected chi connectivity index (χ2v) is 3.77. The summed E-state index contributed by atoms with van der Waals surface area (Å²) in [5, 5.41) is 2.94. The van der Waals surface area contributed by atoms with Gasteiger partial charge in [-0.2, -0.15) is 4.98 Å². The minimum atomic E-state index is -0.561. The summed E-state index contributed by atoms with van der Waals surface area (Å²) in [5.74, 6) is 0.113. The number of nitrogens with one attached hydrogen (secondary N) is 2. The van der Waals surface area contributed by atoms with Gasteiger partial charge in [-0.15, -0.1) is 0 Å². The predicted molar refractivity (Wildman–Crippen MR) is 69.1 cm³/mol. The van der Waals surface area contributed by atoms with Crippen molar-refractivity contribution in [3.8, 4) is 0 Å². The van der Waals surface area contributed by atoms with Gasteiger partial charge in [0.15, 0.2) is 6.29 Å². The van der Waals surface area contributed by atoms with Crippen LogP contribution in [0.2, 0.25) is 0 Å². The van der Waals surface area contributed by atoms with Crippen LogP contribution >= 0.6 is 0 Å². The monoisotopic (exact) mass is 244 g/mol. The largest absolute Gasteiger partial charge is 0.383 e. The number of aldehydes is 1. The second-order valence-electron chi connectivity index (χ2n) is 3.77. The first kappa shape index (κ1) is 11.8. The molecule has 0 spiro atoms. The normalized spacial score (nSPS) is 10.1. The highest BCUT2D eigenvalue weighted by molar-refractivity contribution is 5.81. The predicted octanol–water partition coefficient (Wildman–Crippen LogP) is 1.22. The van der Waals surface area contributed by atoms with Crippen molar-refractivity contribution in [2.24, 2.45) is 0 Å². The Balaban J connectivity index is 2.40. The molecule has 0 saturated carbocycles. The summed E-state index contributed by atoms with van der Waals surface area (Å²) in [6.45, 7) is 1.92. The average Bonchev–Trinajstić information content (AvgIpc) is 2.32. The Labute approximate surface area is 103 Å². The lowest BCUT2D eigenvalue weighted by molar-refractivity contribution is 0.112. The van der Waals surface area contributed by atoms with E-state index in [1.54, 1.807) is 0 Å². The van der Waals surface area contributed by atoms with Crippen molar-refractivity contribution in [3.05, 3.63) is 45.7 Å². The molecule has 6 heteroatoms. The number of hydrogen-bond acceptors (Lipinski definition) is 5. The maximum Gasteiger partial charge on any atom is 0.265 e. The third-order valence-corrected chi connectivity index (χ3v) is 2.50. The highest BCUT2D eigenvalue weighted by Gasteiger charge is 2.08. The second kappa shape index (κ2) is 4.70. The molecule has 1 aromatic heterocycles. The van der Waals surface area contributed by atoms with Gasteiger partial charge in [0.25, 0.3) is 5.56 Å². The van der Waals surface area contributed by atoms with E-state index in [4.69, 9.17) is 5.73 Å². The molecule has 0 radical (unpaired) electrons. The van der Waals surface area contributed by atoms with E-state index >= 15 is 0 Å². The van der Waals surface area contributed by atoms with Crippen LogP contribution in [0.1, 0.15) is 15.9 Å². The Hall–Kier alpha value is -2.63. The first-order valence-electron chi connectivity index (χ1n) is 5.29. The molecule has 0 aliphatic heterocycles. The van der Waals surface area contributed by atoms with E-state index in [2.05, 4.69) is 15.3 Å². The number of nitrogen functional groups attached to an aromatic ring is 1. The quantitative estimate of drug-likeness (QED) is 0.704. The molecule has 0 aliphatic rings. The topological polar surface area (TPSA) is 101 Å². The Bertz CT molecular complexity index is 649. The average molecular weight is 244 g/mol. The molecule has 2 rings (SSSR count). The summed E-state index contributed by atoms with van der Waals surface area (Å²) in [6, 6.07) is 7.53. The van der Waals surface area contributed by atoms with Crippen molar-refractivity contribution in [3.63, 3.8) is 0 Å². The number of benzene rings is 1. The molecule has 2 aromatic rings. The lowest BCUT2D eigenvalue weighted by Gasteiger charge is -2.08. The molecule has 0 fully saturated rings. The van der Waals surface area contributed by atoms with E-state index in [0.29, 0.717) is 6.29 Å². The van der Waals surface area contributed by atoms with Crippen LogP contribution in [0.4, 0.5) is 17.5 Å². The molecule has 0 atom stereocenters. The molecule has 0 amide bonds. The molecule has 0 bridgehead atoms. The van der Waals surface area contributed by atoms with Crippen molar-refractivity contribution in [2.75, 3.05) is 11.1 Å². The molecule has 18 heavy (non-hydrogen) atoms. The van der Waals surface area contributed by atoms with Gasteiger partial charge in [-0.1, -0.05) is 18.2 Å². The fraction of sp³-hybridized carbons (Fsp3) is 0.0833. The number of hydrogen-bond donors (Lipinski definition) is 3. The molecule has 0 aliphatic carbocycles. The van der Waals surface area contributed by atoms with Crippen LogP contribution in [0.5, 0.6) is 0 Å². The highest BCUT2D eigenvalue weighted by atomic mass is 16.1. The molecule has 1 heterocycles. The van der Waals surface area contributed by atoms with Crippen LogP contribution in [0.25, 0.3) is 0 Å². The zero-order valence-corrected chi connectivity index (χ0v) is 9.73. The van der Waals surface area contributed by atoms with Gasteiger partial charge in [0.2, 0.25) is 5.95 Å². The van der Waals surface area contributed by atoms with Gasteiger partial charge in [-0.05, 0) is 18.6 Å². The molecule has 6 nitrogen and oxygen atoms in total. The van der Waals surface area contributed by atoms with Gasteiger partial charge in [0.05, 0.1) is 0 Å². The molecule has 92 valence electrons. The Morgan fingerprint density at radius 2 is 2.11 bits per heavy atom. The third-order valence-electron chi connectivity index (χ3n) is 2.50. The summed E-state index contributed by atoms with van der Waals surface area (Å²) < 4.78 is 0. The maximum atomic E-state index is 11.5. The van der Waals surface area contributed by atoms with Crippen LogP contribution in [-0.2, 0) is 0 Å². The molecular formula is C12H12N4O2. The summed E-state index contributed by atoms with van der Waals surface area (Å²) >= 11 is 0. The van der Waals surface area contributed by atoms with Gasteiger partial charge in [-0.3, -0.25) is 14.6 Å². The van der Waals surface area contributed by atoms with E-state index < -0.39 is 5.56 Å². The fourth-order valence-corrected chi connectivity index (χ4v) is 1.51. The van der Waals surface area contributed by atoms with Gasteiger partial charge in [-0.25, -0.2) is 0 Å². The van der Waals surface area contributed by atoms with E-state index in [0.717, 1.165) is 11.3 Å². The number of nitrogens with two attached hydrogens (primary N) is 1. The standard InChI is InChI=1S/C12H12N4O2/c1-7-4-2-3-5-9(7)14-12-15-10(13)8(6-17)11(18)16-12/h2-6H,1H3,(H4,13,14,15,16,18). The van der Waals surface area contributed by atoms with E-state index in [-0.39, 0.29) is 17.3 Å². The van der Waals surface area contributed by atoms with Crippen molar-refractivity contribution >= 4 is 23.7 Å². The number of H-pyrrole nitrogens is 1. The van der Waals surface area contributed by atoms with Crippen LogP contribution in [0.15, 0.2) is 29.1 Å². The van der Waals surface area contributed by atoms with E-state index in [1.807, 2.05) is 31.2 Å². The molecule has 4 N–H and O–H groups in total. The number of para-hydroxylation sites is 1.